The Morgan fingerprint density at radius 1 is 0.533 bits per heavy atom. The van der Waals surface area contributed by atoms with E-state index in [4.69, 9.17) is 13.6 Å². The van der Waals surface area contributed by atoms with Gasteiger partial charge in [0.1, 0.15) is 51.7 Å². The van der Waals surface area contributed by atoms with Gasteiger partial charge in [-0.25, -0.2) is 40.7 Å². The Bertz CT molecular complexity index is 4190. The van der Waals surface area contributed by atoms with Crippen molar-refractivity contribution in [3.8, 4) is 33.4 Å². The van der Waals surface area contributed by atoms with Crippen molar-refractivity contribution in [2.75, 3.05) is 0 Å². The molecule has 1 atom stereocenters. The van der Waals surface area contributed by atoms with Crippen molar-refractivity contribution in [1.82, 2.24) is 45.4 Å². The van der Waals surface area contributed by atoms with Gasteiger partial charge in [0.05, 0.1) is 42.6 Å². The fourth-order valence-electron chi connectivity index (χ4n) is 8.62. The number of pyridine rings is 3. The minimum atomic E-state index is -3.90. The molecular weight excluding hydrogens is 1020 g/mol. The molecule has 0 fully saturated rings. The number of hydrogen-bond donors (Lipinski definition) is 3. The molecule has 21 heteroatoms. The molecular formula is C54H42F3N9O6S3. The Labute approximate surface area is 432 Å². The number of nitrogens with one attached hydrogen (secondary N) is 3. The molecule has 0 saturated carbocycles. The maximum absolute atomic E-state index is 13.5. The van der Waals surface area contributed by atoms with Crippen LogP contribution in [0.3, 0.4) is 0 Å². The zero-order valence-corrected chi connectivity index (χ0v) is 43.1. The highest BCUT2D eigenvalue weighted by Gasteiger charge is 2.25. The molecule has 75 heavy (non-hydrogen) atoms. The summed E-state index contributed by atoms with van der Waals surface area (Å²) in [4.78, 5) is 25.0. The van der Waals surface area contributed by atoms with Gasteiger partial charge in [0.25, 0.3) is 0 Å². The monoisotopic (exact) mass is 1070 g/mol. The molecule has 3 aromatic carbocycles. The predicted octanol–water partition coefficient (Wildman–Crippen LogP) is 13.1. The van der Waals surface area contributed by atoms with Crippen molar-refractivity contribution in [3.05, 3.63) is 180 Å². The van der Waals surface area contributed by atoms with Crippen LogP contribution in [0.2, 0.25) is 0 Å². The molecule has 0 amide bonds. The molecule has 0 aliphatic rings. The van der Waals surface area contributed by atoms with Crippen LogP contribution in [0, 0.1) is 59.0 Å². The van der Waals surface area contributed by atoms with Crippen molar-refractivity contribution in [2.45, 2.75) is 70.9 Å². The summed E-state index contributed by atoms with van der Waals surface area (Å²) in [7, 11) is -5.42. The normalized spacial score (nSPS) is 12.0. The molecule has 0 radical (unpaired) electrons. The third-order valence-corrected chi connectivity index (χ3v) is 16.3. The fourth-order valence-corrected chi connectivity index (χ4v) is 12.2. The van der Waals surface area contributed by atoms with Crippen LogP contribution < -0.4 is 0 Å². The van der Waals surface area contributed by atoms with E-state index in [0.29, 0.717) is 49.2 Å². The van der Waals surface area contributed by atoms with E-state index in [9.17, 15) is 25.8 Å². The van der Waals surface area contributed by atoms with Crippen molar-refractivity contribution in [3.63, 3.8) is 0 Å². The lowest BCUT2D eigenvalue weighted by Gasteiger charge is -2.05. The molecule has 378 valence electrons. The van der Waals surface area contributed by atoms with Gasteiger partial charge in [-0.05, 0) is 114 Å². The molecule has 1 unspecified atom stereocenters. The largest absolute Gasteiger partial charge is 0.361 e. The molecule has 0 aliphatic carbocycles. The summed E-state index contributed by atoms with van der Waals surface area (Å²) < 4.78 is 94.7. The van der Waals surface area contributed by atoms with Gasteiger partial charge in [0.15, 0.2) is 0 Å². The van der Waals surface area contributed by atoms with E-state index in [2.05, 4.69) is 51.4 Å². The molecule has 9 heterocycles. The minimum absolute atomic E-state index is 0.0409. The summed E-state index contributed by atoms with van der Waals surface area (Å²) >= 11 is 1.50. The molecule has 12 rings (SSSR count). The Morgan fingerprint density at radius 2 is 1.00 bits per heavy atom. The summed E-state index contributed by atoms with van der Waals surface area (Å²) in [5, 5.41) is 14.0. The Hall–Kier alpha value is -8.40. The van der Waals surface area contributed by atoms with Crippen LogP contribution in [0.5, 0.6) is 0 Å². The summed E-state index contributed by atoms with van der Waals surface area (Å²) in [6.07, 6.45) is 10.1. The number of rotatable bonds is 9. The van der Waals surface area contributed by atoms with Crippen molar-refractivity contribution >= 4 is 65.5 Å². The quantitative estimate of drug-likeness (QED) is 0.123. The number of sulfone groups is 1. The lowest BCUT2D eigenvalue weighted by molar-refractivity contribution is 0.393. The second-order valence-corrected chi connectivity index (χ2v) is 21.6. The number of aromatic amines is 3. The van der Waals surface area contributed by atoms with Gasteiger partial charge in [-0.3, -0.25) is 0 Å². The van der Waals surface area contributed by atoms with Crippen molar-refractivity contribution in [2.24, 2.45) is 0 Å². The van der Waals surface area contributed by atoms with Gasteiger partial charge in [0.2, 0.25) is 9.84 Å². The number of aryl methyl sites for hydroxylation is 6. The number of benzene rings is 3. The van der Waals surface area contributed by atoms with E-state index in [-0.39, 0.29) is 15.6 Å². The summed E-state index contributed by atoms with van der Waals surface area (Å²) in [6, 6.07) is 23.0. The fraction of sp³-hybridized carbons (Fsp3) is 0.111. The predicted molar refractivity (Wildman–Crippen MR) is 277 cm³/mol. The average molecular weight is 1070 g/mol. The number of hydrogen-bond acceptors (Lipinski definition) is 13. The SMILES string of the molecule is Cc1noc(C)c1-c1cnc2[nH]cc(S(=O)(=O)c3cccc(F)c3)c2c1.Cc1noc(C)c1-c1cnc2[nH]cc(S(=O)c3cccc(F)c3)c2c1.Cc1noc(C)c1-c1cnc2[nH]cc(Sc3cccc(F)c3)c2c1. The van der Waals surface area contributed by atoms with Crippen LogP contribution >= 0.6 is 11.8 Å². The molecule has 0 bridgehead atoms. The van der Waals surface area contributed by atoms with Gasteiger partial charge in [-0.1, -0.05) is 45.4 Å². The highest BCUT2D eigenvalue weighted by Crippen LogP contribution is 2.38. The van der Waals surface area contributed by atoms with Gasteiger partial charge in [-0.15, -0.1) is 0 Å². The highest BCUT2D eigenvalue weighted by molar-refractivity contribution is 7.99. The second kappa shape index (κ2) is 20.5. The van der Waals surface area contributed by atoms with Gasteiger partial charge in [0, 0.05) is 101 Å². The summed E-state index contributed by atoms with van der Waals surface area (Å²) in [6.45, 7) is 11.1. The lowest BCUT2D eigenvalue weighted by Crippen LogP contribution is -2.01. The lowest BCUT2D eigenvalue weighted by atomic mass is 10.1. The van der Waals surface area contributed by atoms with E-state index in [1.54, 1.807) is 56.7 Å². The Morgan fingerprint density at radius 3 is 1.53 bits per heavy atom. The molecule has 0 aliphatic heterocycles. The summed E-state index contributed by atoms with van der Waals surface area (Å²) in [5.74, 6) is 0.814. The smallest absolute Gasteiger partial charge is 0.208 e. The molecule has 9 aromatic heterocycles. The molecule has 15 nitrogen and oxygen atoms in total. The first-order chi connectivity index (χ1) is 36.0. The molecule has 0 spiro atoms. The Balaban J connectivity index is 0.000000128. The number of H-pyrrole nitrogens is 3. The number of nitrogens with zero attached hydrogens (tertiary/aromatic N) is 6. The molecule has 0 saturated heterocycles. The number of aromatic nitrogens is 9. The average Bonchev–Trinajstić information content (AvgIpc) is 4.28. The topological polar surface area (TPSA) is 215 Å². The van der Waals surface area contributed by atoms with E-state index in [0.717, 1.165) is 77.2 Å². The third-order valence-electron chi connectivity index (χ3n) is 12.1. The van der Waals surface area contributed by atoms with Crippen LogP contribution in [0.4, 0.5) is 13.2 Å². The van der Waals surface area contributed by atoms with Crippen LogP contribution in [0.1, 0.15) is 34.4 Å². The highest BCUT2D eigenvalue weighted by atomic mass is 32.2. The van der Waals surface area contributed by atoms with Crippen molar-refractivity contribution < 1.29 is 39.4 Å². The Kier molecular flexibility index (Phi) is 13.7. The van der Waals surface area contributed by atoms with Crippen LogP contribution in [0.15, 0.2) is 171 Å². The number of halogens is 3. The number of fused-ring (bicyclic) bond motifs is 3. The van der Waals surface area contributed by atoms with Gasteiger partial charge < -0.3 is 28.5 Å². The zero-order chi connectivity index (χ0) is 52.7. The van der Waals surface area contributed by atoms with Gasteiger partial charge in [-0.2, -0.15) is 0 Å². The third kappa shape index (κ3) is 10.0. The summed E-state index contributed by atoms with van der Waals surface area (Å²) in [5.41, 5.74) is 9.24. The van der Waals surface area contributed by atoms with Crippen LogP contribution in [0.25, 0.3) is 66.5 Å². The first-order valence-electron chi connectivity index (χ1n) is 22.9. The van der Waals surface area contributed by atoms with E-state index in [1.165, 1.54) is 60.4 Å². The first kappa shape index (κ1) is 50.1. The van der Waals surface area contributed by atoms with Crippen LogP contribution in [-0.4, -0.2) is 58.0 Å². The molecule has 12 aromatic rings. The minimum Gasteiger partial charge on any atom is -0.361 e. The van der Waals surface area contributed by atoms with E-state index < -0.39 is 32.3 Å². The van der Waals surface area contributed by atoms with E-state index in [1.807, 2.05) is 52.2 Å². The van der Waals surface area contributed by atoms with E-state index >= 15 is 0 Å². The standard InChI is InChI=1S/C18H14FN3O3S.C18H14FN3O2S.C18H14FN3OS/c1-10-17(11(2)25-22-10)12-6-15-16(9-21-18(15)20-8-12)26(23,24)14-5-3-4-13(19)7-14;1-10-17(11(2)24-22-10)12-6-15-16(9-21-18(15)20-8-12)25(23)14-5-3-4-13(19)7-14;1-10-17(11(2)23-22-10)12-6-15-16(9-21-18(15)20-8-12)24-14-5-3-4-13(19)7-14/h3-9H,1-2H3,(H,20,21);3-9H,1-2H3,(H,20,21);3-9H,1-2H3,(H,20,21). The van der Waals surface area contributed by atoms with Crippen molar-refractivity contribution in [1.29, 1.82) is 0 Å². The van der Waals surface area contributed by atoms with Gasteiger partial charge >= 0.3 is 0 Å². The molecule has 3 N–H and O–H groups in total. The zero-order valence-electron chi connectivity index (χ0n) is 40.6. The first-order valence-corrected chi connectivity index (χ1v) is 26.3. The maximum atomic E-state index is 13.5. The van der Waals surface area contributed by atoms with Crippen LogP contribution in [-0.2, 0) is 20.6 Å². The second-order valence-electron chi connectivity index (χ2n) is 17.2. The maximum Gasteiger partial charge on any atom is 0.208 e.